The van der Waals surface area contributed by atoms with Crippen molar-refractivity contribution in [3.63, 3.8) is 0 Å². The molecule has 2 aromatic rings. The van der Waals surface area contributed by atoms with Crippen LogP contribution in [0.2, 0.25) is 0 Å². The number of amides is 1. The molecule has 1 aromatic heterocycles. The van der Waals surface area contributed by atoms with Gasteiger partial charge in [-0.15, -0.1) is 0 Å². The molecule has 4 nitrogen and oxygen atoms in total. The molecule has 0 fully saturated rings. The largest absolute Gasteiger partial charge is 0.361 e. The molecule has 0 saturated carbocycles. The quantitative estimate of drug-likeness (QED) is 0.874. The van der Waals surface area contributed by atoms with Crippen molar-refractivity contribution in [3.8, 4) is 0 Å². The van der Waals surface area contributed by atoms with Crippen molar-refractivity contribution in [2.24, 2.45) is 0 Å². The third kappa shape index (κ3) is 1.90. The number of nitrogens with one attached hydrogen (secondary N) is 1. The Morgan fingerprint density at radius 3 is 2.56 bits per heavy atom. The Bertz CT molecular complexity index is 564. The summed E-state index contributed by atoms with van der Waals surface area (Å²) in [4.78, 5) is 12.0. The molecule has 0 unspecified atom stereocenters. The minimum atomic E-state index is -0.105. The van der Waals surface area contributed by atoms with E-state index in [1.807, 2.05) is 12.1 Å². The summed E-state index contributed by atoms with van der Waals surface area (Å²) in [7, 11) is 0. The van der Waals surface area contributed by atoms with Crippen molar-refractivity contribution in [2.45, 2.75) is 25.8 Å². The van der Waals surface area contributed by atoms with Crippen molar-refractivity contribution in [1.82, 2.24) is 10.5 Å². The Morgan fingerprint density at radius 1 is 1.33 bits per heavy atom. The van der Waals surface area contributed by atoms with Crippen LogP contribution < -0.4 is 5.32 Å². The smallest absolute Gasteiger partial charge is 0.256 e. The van der Waals surface area contributed by atoms with Crippen LogP contribution in [0.3, 0.4) is 0 Å². The van der Waals surface area contributed by atoms with Gasteiger partial charge < -0.3 is 9.84 Å². The topological polar surface area (TPSA) is 55.1 Å². The first-order valence-electron chi connectivity index (χ1n) is 6.03. The monoisotopic (exact) mass is 242 g/mol. The standard InChI is InChI=1S/C14H14N2O2/c1-9-13(8-15-18-9)14(17)16-12-6-10-4-2-3-5-11(10)7-12/h2-5,8,12H,6-7H2,1H3,(H,16,17). The Kier molecular flexibility index (Phi) is 2.63. The first-order chi connectivity index (χ1) is 8.74. The maximum Gasteiger partial charge on any atom is 0.256 e. The molecule has 0 bridgehead atoms. The average Bonchev–Trinajstić information content (AvgIpc) is 2.94. The van der Waals surface area contributed by atoms with E-state index in [-0.39, 0.29) is 11.9 Å². The fourth-order valence-electron chi connectivity index (χ4n) is 2.44. The summed E-state index contributed by atoms with van der Waals surface area (Å²) in [5, 5.41) is 6.65. The Labute approximate surface area is 105 Å². The van der Waals surface area contributed by atoms with Crippen LogP contribution in [0.1, 0.15) is 27.2 Å². The molecule has 1 aromatic carbocycles. The number of carbonyl (C=O) groups excluding carboxylic acids is 1. The third-order valence-corrected chi connectivity index (χ3v) is 3.38. The lowest BCUT2D eigenvalue weighted by Gasteiger charge is -2.10. The lowest BCUT2D eigenvalue weighted by molar-refractivity contribution is 0.0937. The summed E-state index contributed by atoms with van der Waals surface area (Å²) in [6, 6.07) is 8.47. The van der Waals surface area contributed by atoms with E-state index >= 15 is 0 Å². The lowest BCUT2D eigenvalue weighted by Crippen LogP contribution is -2.35. The van der Waals surface area contributed by atoms with Gasteiger partial charge in [0.25, 0.3) is 5.91 Å². The molecule has 1 heterocycles. The normalized spacial score (nSPS) is 14.5. The van der Waals surface area contributed by atoms with Gasteiger partial charge in [-0.2, -0.15) is 0 Å². The van der Waals surface area contributed by atoms with Gasteiger partial charge in [0.15, 0.2) is 0 Å². The van der Waals surface area contributed by atoms with Crippen LogP contribution in [0.5, 0.6) is 0 Å². The summed E-state index contributed by atoms with van der Waals surface area (Å²) < 4.78 is 4.90. The molecule has 0 saturated heterocycles. The molecule has 92 valence electrons. The number of aromatic nitrogens is 1. The molecular weight excluding hydrogens is 228 g/mol. The second-order valence-corrected chi connectivity index (χ2v) is 4.64. The zero-order valence-corrected chi connectivity index (χ0v) is 10.1. The summed E-state index contributed by atoms with van der Waals surface area (Å²) in [6.45, 7) is 1.74. The Morgan fingerprint density at radius 2 is 2.00 bits per heavy atom. The maximum absolute atomic E-state index is 12.0. The van der Waals surface area contributed by atoms with Crippen LogP contribution in [0.25, 0.3) is 0 Å². The second kappa shape index (κ2) is 4.29. The molecule has 1 amide bonds. The molecule has 4 heteroatoms. The zero-order chi connectivity index (χ0) is 12.5. The number of rotatable bonds is 2. The fourth-order valence-corrected chi connectivity index (χ4v) is 2.44. The minimum absolute atomic E-state index is 0.105. The second-order valence-electron chi connectivity index (χ2n) is 4.64. The highest BCUT2D eigenvalue weighted by molar-refractivity contribution is 5.95. The highest BCUT2D eigenvalue weighted by atomic mass is 16.5. The number of carbonyl (C=O) groups is 1. The predicted octanol–water partition coefficient (Wildman–Crippen LogP) is 1.88. The number of fused-ring (bicyclic) bond motifs is 1. The first-order valence-corrected chi connectivity index (χ1v) is 6.03. The summed E-state index contributed by atoms with van der Waals surface area (Å²) in [5.74, 6) is 0.453. The predicted molar refractivity (Wildman–Crippen MR) is 66.3 cm³/mol. The molecule has 3 rings (SSSR count). The van der Waals surface area contributed by atoms with Gasteiger partial charge in [-0.25, -0.2) is 0 Å². The third-order valence-electron chi connectivity index (χ3n) is 3.38. The molecule has 1 N–H and O–H groups in total. The number of hydrogen-bond donors (Lipinski definition) is 1. The van der Waals surface area contributed by atoms with Crippen LogP contribution in [0.15, 0.2) is 35.0 Å². The highest BCUT2D eigenvalue weighted by Crippen LogP contribution is 2.22. The van der Waals surface area contributed by atoms with Crippen molar-refractivity contribution in [3.05, 3.63) is 52.9 Å². The molecule has 18 heavy (non-hydrogen) atoms. The number of aryl methyl sites for hydroxylation is 1. The number of nitrogens with zero attached hydrogens (tertiary/aromatic N) is 1. The van der Waals surface area contributed by atoms with Gasteiger partial charge in [0.1, 0.15) is 11.3 Å². The molecule has 1 aliphatic carbocycles. The van der Waals surface area contributed by atoms with Gasteiger partial charge in [0, 0.05) is 6.04 Å². The van der Waals surface area contributed by atoms with E-state index < -0.39 is 0 Å². The van der Waals surface area contributed by atoms with Gasteiger partial charge in [-0.05, 0) is 30.9 Å². The molecule has 0 atom stereocenters. The number of benzene rings is 1. The van der Waals surface area contributed by atoms with Gasteiger partial charge in [0.05, 0.1) is 6.20 Å². The summed E-state index contributed by atoms with van der Waals surface area (Å²) in [6.07, 6.45) is 3.26. The zero-order valence-electron chi connectivity index (χ0n) is 10.1. The van der Waals surface area contributed by atoms with E-state index in [9.17, 15) is 4.79 Å². The lowest BCUT2D eigenvalue weighted by atomic mass is 10.1. The van der Waals surface area contributed by atoms with Crippen LogP contribution >= 0.6 is 0 Å². The SMILES string of the molecule is Cc1oncc1C(=O)NC1Cc2ccccc2C1. The van der Waals surface area contributed by atoms with Crippen LogP contribution in [-0.4, -0.2) is 17.1 Å². The fraction of sp³-hybridized carbons (Fsp3) is 0.286. The molecular formula is C14H14N2O2. The van der Waals surface area contributed by atoms with E-state index in [4.69, 9.17) is 4.52 Å². The first kappa shape index (κ1) is 11.0. The van der Waals surface area contributed by atoms with Crippen LogP contribution in [0.4, 0.5) is 0 Å². The molecule has 0 radical (unpaired) electrons. The summed E-state index contributed by atoms with van der Waals surface area (Å²) >= 11 is 0. The summed E-state index contributed by atoms with van der Waals surface area (Å²) in [5.41, 5.74) is 3.17. The van der Waals surface area contributed by atoms with E-state index in [2.05, 4.69) is 22.6 Å². The van der Waals surface area contributed by atoms with Crippen LogP contribution in [0, 0.1) is 6.92 Å². The maximum atomic E-state index is 12.0. The van der Waals surface area contributed by atoms with Crippen molar-refractivity contribution in [1.29, 1.82) is 0 Å². The van der Waals surface area contributed by atoms with Crippen molar-refractivity contribution < 1.29 is 9.32 Å². The van der Waals surface area contributed by atoms with Gasteiger partial charge in [-0.1, -0.05) is 29.4 Å². The average molecular weight is 242 g/mol. The van der Waals surface area contributed by atoms with Crippen LogP contribution in [-0.2, 0) is 12.8 Å². The van der Waals surface area contributed by atoms with E-state index in [0.29, 0.717) is 11.3 Å². The van der Waals surface area contributed by atoms with E-state index in [0.717, 1.165) is 12.8 Å². The highest BCUT2D eigenvalue weighted by Gasteiger charge is 2.24. The molecule has 0 aliphatic heterocycles. The minimum Gasteiger partial charge on any atom is -0.361 e. The van der Waals surface area contributed by atoms with Gasteiger partial charge >= 0.3 is 0 Å². The molecule has 1 aliphatic rings. The Hall–Kier alpha value is -2.10. The Balaban J connectivity index is 1.70. The van der Waals surface area contributed by atoms with E-state index in [1.165, 1.54) is 17.3 Å². The van der Waals surface area contributed by atoms with E-state index in [1.54, 1.807) is 6.92 Å². The van der Waals surface area contributed by atoms with Gasteiger partial charge in [0.2, 0.25) is 0 Å². The van der Waals surface area contributed by atoms with Gasteiger partial charge in [-0.3, -0.25) is 4.79 Å². The molecule has 0 spiro atoms. The van der Waals surface area contributed by atoms with Crippen molar-refractivity contribution in [2.75, 3.05) is 0 Å². The van der Waals surface area contributed by atoms with Crippen molar-refractivity contribution >= 4 is 5.91 Å². The number of hydrogen-bond acceptors (Lipinski definition) is 3.